The number of rotatable bonds is 2. The van der Waals surface area contributed by atoms with E-state index >= 15 is 0 Å². The highest BCUT2D eigenvalue weighted by molar-refractivity contribution is 5.66. The number of ether oxygens (including phenoxy) is 1. The fraction of sp³-hybridized carbons (Fsp3) is 0.111. The molecule has 0 aliphatic carbocycles. The van der Waals surface area contributed by atoms with E-state index in [1.54, 1.807) is 19.4 Å². The van der Waals surface area contributed by atoms with Crippen molar-refractivity contribution in [3.8, 4) is 17.1 Å². The summed E-state index contributed by atoms with van der Waals surface area (Å²) in [5.74, 6) is 1.00. The van der Waals surface area contributed by atoms with Gasteiger partial charge in [0.2, 0.25) is 5.88 Å². The SMILES string of the molecule is COc1ncccc1-c1cc(N)n[nH]1. The van der Waals surface area contributed by atoms with E-state index in [9.17, 15) is 0 Å². The molecule has 0 aliphatic rings. The van der Waals surface area contributed by atoms with E-state index in [1.807, 2.05) is 12.1 Å². The molecule has 0 unspecified atom stereocenters. The lowest BCUT2D eigenvalue weighted by atomic mass is 10.2. The van der Waals surface area contributed by atoms with Crippen LogP contribution in [0.15, 0.2) is 24.4 Å². The van der Waals surface area contributed by atoms with E-state index in [1.165, 1.54) is 0 Å². The Morgan fingerprint density at radius 1 is 1.50 bits per heavy atom. The maximum absolute atomic E-state index is 5.50. The number of methoxy groups -OCH3 is 1. The molecular formula is C9H10N4O. The number of H-pyrrole nitrogens is 1. The Morgan fingerprint density at radius 2 is 2.36 bits per heavy atom. The second-order valence-electron chi connectivity index (χ2n) is 2.77. The van der Waals surface area contributed by atoms with Gasteiger partial charge in [-0.05, 0) is 12.1 Å². The molecule has 0 spiro atoms. The second-order valence-corrected chi connectivity index (χ2v) is 2.77. The van der Waals surface area contributed by atoms with Crippen molar-refractivity contribution in [2.45, 2.75) is 0 Å². The minimum atomic E-state index is 0.450. The smallest absolute Gasteiger partial charge is 0.222 e. The maximum atomic E-state index is 5.50. The van der Waals surface area contributed by atoms with Gasteiger partial charge in [-0.2, -0.15) is 5.10 Å². The van der Waals surface area contributed by atoms with Gasteiger partial charge in [-0.1, -0.05) is 0 Å². The van der Waals surface area contributed by atoms with Gasteiger partial charge in [0.25, 0.3) is 0 Å². The number of pyridine rings is 1. The summed E-state index contributed by atoms with van der Waals surface area (Å²) in [6.45, 7) is 0. The van der Waals surface area contributed by atoms with E-state index in [-0.39, 0.29) is 0 Å². The minimum Gasteiger partial charge on any atom is -0.481 e. The van der Waals surface area contributed by atoms with Gasteiger partial charge in [-0.3, -0.25) is 5.10 Å². The van der Waals surface area contributed by atoms with Crippen molar-refractivity contribution in [2.24, 2.45) is 0 Å². The number of aromatic nitrogens is 3. The molecule has 0 aromatic carbocycles. The zero-order valence-corrected chi connectivity index (χ0v) is 7.69. The topological polar surface area (TPSA) is 76.8 Å². The Hall–Kier alpha value is -2.04. The monoisotopic (exact) mass is 190 g/mol. The third-order valence-electron chi connectivity index (χ3n) is 1.85. The lowest BCUT2D eigenvalue weighted by Gasteiger charge is -2.03. The van der Waals surface area contributed by atoms with Crippen LogP contribution in [0.2, 0.25) is 0 Å². The standard InChI is InChI=1S/C9H10N4O/c1-14-9-6(3-2-4-11-9)7-5-8(10)13-12-7/h2-5H,1H3,(H3,10,12,13). The van der Waals surface area contributed by atoms with Crippen molar-refractivity contribution in [3.63, 3.8) is 0 Å². The molecule has 5 heteroatoms. The van der Waals surface area contributed by atoms with Crippen LogP contribution in [0.25, 0.3) is 11.3 Å². The summed E-state index contributed by atoms with van der Waals surface area (Å²) in [7, 11) is 1.57. The predicted molar refractivity (Wildman–Crippen MR) is 52.8 cm³/mol. The van der Waals surface area contributed by atoms with E-state index in [0.717, 1.165) is 11.3 Å². The molecule has 5 nitrogen and oxygen atoms in total. The van der Waals surface area contributed by atoms with Crippen LogP contribution < -0.4 is 10.5 Å². The Kier molecular flexibility index (Phi) is 2.06. The average molecular weight is 190 g/mol. The molecule has 14 heavy (non-hydrogen) atoms. The van der Waals surface area contributed by atoms with E-state index in [4.69, 9.17) is 10.5 Å². The van der Waals surface area contributed by atoms with Crippen LogP contribution in [-0.4, -0.2) is 22.3 Å². The molecule has 2 aromatic rings. The van der Waals surface area contributed by atoms with Crippen molar-refractivity contribution in [1.82, 2.24) is 15.2 Å². The fourth-order valence-electron chi connectivity index (χ4n) is 1.23. The third-order valence-corrected chi connectivity index (χ3v) is 1.85. The van der Waals surface area contributed by atoms with Gasteiger partial charge in [0.15, 0.2) is 0 Å². The summed E-state index contributed by atoms with van der Waals surface area (Å²) < 4.78 is 5.11. The van der Waals surface area contributed by atoms with Crippen LogP contribution in [-0.2, 0) is 0 Å². The van der Waals surface area contributed by atoms with Crippen molar-refractivity contribution in [1.29, 1.82) is 0 Å². The van der Waals surface area contributed by atoms with Crippen LogP contribution >= 0.6 is 0 Å². The molecule has 0 amide bonds. The summed E-state index contributed by atoms with van der Waals surface area (Å²) in [5.41, 5.74) is 7.15. The van der Waals surface area contributed by atoms with Crippen LogP contribution in [0.4, 0.5) is 5.82 Å². The van der Waals surface area contributed by atoms with E-state index in [0.29, 0.717) is 11.7 Å². The van der Waals surface area contributed by atoms with Crippen LogP contribution in [0.1, 0.15) is 0 Å². The highest BCUT2D eigenvalue weighted by Gasteiger charge is 2.07. The largest absolute Gasteiger partial charge is 0.481 e. The number of nitrogens with one attached hydrogen (secondary N) is 1. The van der Waals surface area contributed by atoms with Crippen molar-refractivity contribution in [2.75, 3.05) is 12.8 Å². The molecular weight excluding hydrogens is 180 g/mol. The Bertz CT molecular complexity index is 438. The molecule has 2 aromatic heterocycles. The van der Waals surface area contributed by atoms with Gasteiger partial charge in [0.1, 0.15) is 5.82 Å². The minimum absolute atomic E-state index is 0.450. The number of nitrogen functional groups attached to an aromatic ring is 1. The Labute approximate surface area is 80.9 Å². The Morgan fingerprint density at radius 3 is 3.00 bits per heavy atom. The van der Waals surface area contributed by atoms with Gasteiger partial charge in [0.05, 0.1) is 18.4 Å². The molecule has 72 valence electrons. The zero-order chi connectivity index (χ0) is 9.97. The first kappa shape index (κ1) is 8.55. The summed E-state index contributed by atoms with van der Waals surface area (Å²) in [6, 6.07) is 5.45. The normalized spacial score (nSPS) is 10.1. The summed E-state index contributed by atoms with van der Waals surface area (Å²) >= 11 is 0. The number of anilines is 1. The number of aromatic amines is 1. The first-order valence-electron chi connectivity index (χ1n) is 4.11. The van der Waals surface area contributed by atoms with Crippen molar-refractivity contribution in [3.05, 3.63) is 24.4 Å². The van der Waals surface area contributed by atoms with Crippen LogP contribution in [0, 0.1) is 0 Å². The Balaban J connectivity index is 2.50. The van der Waals surface area contributed by atoms with Gasteiger partial charge in [0, 0.05) is 12.3 Å². The predicted octanol–water partition coefficient (Wildman–Crippen LogP) is 1.06. The van der Waals surface area contributed by atoms with E-state index < -0.39 is 0 Å². The van der Waals surface area contributed by atoms with Gasteiger partial charge in [-0.25, -0.2) is 4.98 Å². The first-order chi connectivity index (χ1) is 6.81. The van der Waals surface area contributed by atoms with Crippen LogP contribution in [0.3, 0.4) is 0 Å². The molecule has 0 fully saturated rings. The zero-order valence-electron chi connectivity index (χ0n) is 7.69. The first-order valence-corrected chi connectivity index (χ1v) is 4.11. The molecule has 0 atom stereocenters. The number of hydrogen-bond donors (Lipinski definition) is 2. The van der Waals surface area contributed by atoms with Gasteiger partial charge >= 0.3 is 0 Å². The highest BCUT2D eigenvalue weighted by Crippen LogP contribution is 2.26. The molecule has 2 rings (SSSR count). The molecule has 0 saturated heterocycles. The third kappa shape index (κ3) is 1.39. The highest BCUT2D eigenvalue weighted by atomic mass is 16.5. The number of hydrogen-bond acceptors (Lipinski definition) is 4. The molecule has 3 N–H and O–H groups in total. The molecule has 0 radical (unpaired) electrons. The number of nitrogens with two attached hydrogens (primary N) is 1. The lowest BCUT2D eigenvalue weighted by molar-refractivity contribution is 0.399. The molecule has 2 heterocycles. The summed E-state index contributed by atoms with van der Waals surface area (Å²) in [6.07, 6.45) is 1.67. The lowest BCUT2D eigenvalue weighted by Crippen LogP contribution is -1.90. The summed E-state index contributed by atoms with van der Waals surface area (Å²) in [4.78, 5) is 4.07. The molecule has 0 bridgehead atoms. The second kappa shape index (κ2) is 3.37. The van der Waals surface area contributed by atoms with Crippen LogP contribution in [0.5, 0.6) is 5.88 Å². The quantitative estimate of drug-likeness (QED) is 0.742. The van der Waals surface area contributed by atoms with E-state index in [2.05, 4.69) is 15.2 Å². The van der Waals surface area contributed by atoms with Crippen molar-refractivity contribution < 1.29 is 4.74 Å². The maximum Gasteiger partial charge on any atom is 0.222 e. The van der Waals surface area contributed by atoms with Gasteiger partial charge in [-0.15, -0.1) is 0 Å². The van der Waals surface area contributed by atoms with Crippen molar-refractivity contribution >= 4 is 5.82 Å². The number of nitrogens with zero attached hydrogens (tertiary/aromatic N) is 2. The molecule has 0 saturated carbocycles. The fourth-order valence-corrected chi connectivity index (χ4v) is 1.23. The molecule has 0 aliphatic heterocycles. The van der Waals surface area contributed by atoms with Gasteiger partial charge < -0.3 is 10.5 Å². The summed E-state index contributed by atoms with van der Waals surface area (Å²) in [5, 5.41) is 6.64. The average Bonchev–Trinajstić information content (AvgIpc) is 2.65.